The largest absolute Gasteiger partial charge is 0.347 e. The number of hydrogen-bond acceptors (Lipinski definition) is 3. The van der Waals surface area contributed by atoms with Gasteiger partial charge in [-0.1, -0.05) is 20.2 Å². The third-order valence-electron chi connectivity index (χ3n) is 5.47. The Hall–Kier alpha value is 0.0748. The molecule has 3 fully saturated rings. The Kier molecular flexibility index (Phi) is 5.75. The molecule has 3 atom stereocenters. The molecule has 0 bridgehead atoms. The van der Waals surface area contributed by atoms with Crippen LogP contribution in [0.15, 0.2) is 0 Å². The first-order valence-electron chi connectivity index (χ1n) is 9.03. The molecule has 0 aromatic heterocycles. The molecule has 21 heavy (non-hydrogen) atoms. The molecule has 3 aliphatic rings. The lowest BCUT2D eigenvalue weighted by Gasteiger charge is -2.29. The van der Waals surface area contributed by atoms with Crippen LogP contribution in [0.3, 0.4) is 0 Å². The van der Waals surface area contributed by atoms with Crippen molar-refractivity contribution >= 4 is 22.2 Å². The molecule has 0 saturated carbocycles. The van der Waals surface area contributed by atoms with E-state index < -0.39 is 0 Å². The van der Waals surface area contributed by atoms with E-state index in [0.29, 0.717) is 6.04 Å². The Morgan fingerprint density at radius 1 is 1.10 bits per heavy atom. The molecule has 0 N–H and O–H groups in total. The first-order valence-corrected chi connectivity index (χ1v) is 9.03. The smallest absolute Gasteiger partial charge is 0.213 e. The average molecular weight is 284 g/mol. The fraction of sp³-hybridized carbons (Fsp3) is 1.00. The van der Waals surface area contributed by atoms with Crippen LogP contribution in [0.25, 0.3) is 0 Å². The van der Waals surface area contributed by atoms with Gasteiger partial charge < -0.3 is 14.4 Å². The first kappa shape index (κ1) is 16.0. The molecule has 0 amide bonds. The number of rotatable bonds is 6. The van der Waals surface area contributed by atoms with Crippen LogP contribution in [0.1, 0.15) is 39.5 Å². The molecular weight excluding hydrogens is 255 g/mol. The standard InChI is InChI=1S/C15H29B3N3/c1-3-8-19-10-6-15(18-19)13(2)21-11-5-14(17-21)12-20-9-4-7-16-20/h13-15H,3-12H2,1-2H3. The van der Waals surface area contributed by atoms with Crippen LogP contribution in [0.2, 0.25) is 18.0 Å². The average Bonchev–Trinajstić information content (AvgIpc) is 3.20. The van der Waals surface area contributed by atoms with Gasteiger partial charge in [-0.25, -0.2) is 0 Å². The van der Waals surface area contributed by atoms with Crippen molar-refractivity contribution in [2.75, 3.05) is 32.7 Å². The minimum absolute atomic E-state index is 0.680. The molecule has 3 rings (SSSR count). The maximum atomic E-state index is 2.64. The van der Waals surface area contributed by atoms with Gasteiger partial charge in [-0.05, 0) is 76.1 Å². The quantitative estimate of drug-likeness (QED) is 0.688. The summed E-state index contributed by atoms with van der Waals surface area (Å²) in [5, 5.41) is 0. The molecule has 3 unspecified atom stereocenters. The van der Waals surface area contributed by atoms with E-state index in [4.69, 9.17) is 0 Å². The summed E-state index contributed by atoms with van der Waals surface area (Å²) < 4.78 is 0. The maximum absolute atomic E-state index is 2.64. The van der Waals surface area contributed by atoms with E-state index in [-0.39, 0.29) is 0 Å². The highest BCUT2D eigenvalue weighted by Crippen LogP contribution is 2.31. The van der Waals surface area contributed by atoms with E-state index >= 15 is 0 Å². The van der Waals surface area contributed by atoms with E-state index in [9.17, 15) is 0 Å². The Morgan fingerprint density at radius 3 is 2.76 bits per heavy atom. The summed E-state index contributed by atoms with van der Waals surface area (Å²) >= 11 is 0. The van der Waals surface area contributed by atoms with Gasteiger partial charge in [0.25, 0.3) is 0 Å². The van der Waals surface area contributed by atoms with E-state index in [1.165, 1.54) is 64.7 Å². The minimum atomic E-state index is 0.680. The van der Waals surface area contributed by atoms with Crippen LogP contribution in [-0.4, -0.2) is 75.4 Å². The number of hydrogen-bond donors (Lipinski definition) is 0. The van der Waals surface area contributed by atoms with Gasteiger partial charge in [0.05, 0.1) is 0 Å². The van der Waals surface area contributed by atoms with Crippen LogP contribution in [0.4, 0.5) is 0 Å². The predicted molar refractivity (Wildman–Crippen MR) is 93.0 cm³/mol. The molecule has 3 nitrogen and oxygen atoms in total. The lowest BCUT2D eigenvalue weighted by atomic mass is 9.68. The monoisotopic (exact) mass is 284 g/mol. The Balaban J connectivity index is 1.42. The maximum Gasteiger partial charge on any atom is 0.213 e. The summed E-state index contributed by atoms with van der Waals surface area (Å²) in [6.07, 6.45) is 6.60. The van der Waals surface area contributed by atoms with Gasteiger partial charge in [0.2, 0.25) is 22.2 Å². The zero-order chi connectivity index (χ0) is 14.7. The zero-order valence-electron chi connectivity index (χ0n) is 13.9. The topological polar surface area (TPSA) is 9.72 Å². The van der Waals surface area contributed by atoms with Crippen molar-refractivity contribution in [1.29, 1.82) is 0 Å². The number of nitrogens with zero attached hydrogens (tertiary/aromatic N) is 3. The van der Waals surface area contributed by atoms with Gasteiger partial charge in [-0.15, -0.1) is 0 Å². The van der Waals surface area contributed by atoms with Crippen LogP contribution in [-0.2, 0) is 0 Å². The van der Waals surface area contributed by atoms with Gasteiger partial charge in [0.15, 0.2) is 0 Å². The van der Waals surface area contributed by atoms with E-state index in [2.05, 4.69) is 50.5 Å². The summed E-state index contributed by atoms with van der Waals surface area (Å²) in [7, 11) is 7.48. The van der Waals surface area contributed by atoms with Crippen molar-refractivity contribution in [3.05, 3.63) is 0 Å². The summed E-state index contributed by atoms with van der Waals surface area (Å²) in [6.45, 7) is 11.0. The van der Waals surface area contributed by atoms with Gasteiger partial charge in [-0.3, -0.25) is 0 Å². The van der Waals surface area contributed by atoms with Crippen molar-refractivity contribution in [3.63, 3.8) is 0 Å². The Bertz CT molecular complexity index is 325. The third kappa shape index (κ3) is 4.08. The molecule has 3 heterocycles. The molecule has 0 aromatic rings. The summed E-state index contributed by atoms with van der Waals surface area (Å²) in [5.74, 6) is 1.53. The SMILES string of the molecule is CCCN1[B]C(C(C)N2[B]C(CN3[B]CCC3)CC2)CC1. The highest BCUT2D eigenvalue weighted by molar-refractivity contribution is 6.38. The second-order valence-electron chi connectivity index (χ2n) is 7.13. The van der Waals surface area contributed by atoms with Crippen molar-refractivity contribution in [3.8, 4) is 0 Å². The van der Waals surface area contributed by atoms with E-state index in [0.717, 1.165) is 11.6 Å². The highest BCUT2D eigenvalue weighted by atomic mass is 15.1. The van der Waals surface area contributed by atoms with Crippen LogP contribution < -0.4 is 0 Å². The molecule has 6 heteroatoms. The van der Waals surface area contributed by atoms with Crippen LogP contribution in [0, 0.1) is 0 Å². The zero-order valence-corrected chi connectivity index (χ0v) is 13.9. The van der Waals surface area contributed by atoms with Gasteiger partial charge in [0, 0.05) is 0 Å². The van der Waals surface area contributed by atoms with Crippen molar-refractivity contribution < 1.29 is 0 Å². The highest BCUT2D eigenvalue weighted by Gasteiger charge is 2.35. The van der Waals surface area contributed by atoms with Crippen molar-refractivity contribution in [2.24, 2.45) is 0 Å². The van der Waals surface area contributed by atoms with Crippen molar-refractivity contribution in [1.82, 2.24) is 14.4 Å². The fourth-order valence-electron chi connectivity index (χ4n) is 4.16. The summed E-state index contributed by atoms with van der Waals surface area (Å²) in [6, 6.07) is 0.680. The lowest BCUT2D eigenvalue weighted by molar-refractivity contribution is 0.352. The molecule has 113 valence electrons. The summed E-state index contributed by atoms with van der Waals surface area (Å²) in [4.78, 5) is 7.71. The van der Waals surface area contributed by atoms with Gasteiger partial charge in [0.1, 0.15) is 0 Å². The molecule has 0 spiro atoms. The van der Waals surface area contributed by atoms with Crippen LogP contribution in [0.5, 0.6) is 0 Å². The molecule has 0 aliphatic carbocycles. The molecule has 3 radical (unpaired) electrons. The Labute approximate surface area is 133 Å². The third-order valence-corrected chi connectivity index (χ3v) is 5.47. The lowest BCUT2D eigenvalue weighted by Crippen LogP contribution is -2.39. The summed E-state index contributed by atoms with van der Waals surface area (Å²) in [5.41, 5.74) is 0. The molecule has 3 aliphatic heterocycles. The molecule has 3 saturated heterocycles. The minimum Gasteiger partial charge on any atom is -0.347 e. The normalized spacial score (nSPS) is 32.9. The first-order chi connectivity index (χ1) is 10.3. The van der Waals surface area contributed by atoms with E-state index in [1.54, 1.807) is 0 Å². The second-order valence-corrected chi connectivity index (χ2v) is 7.13. The fourth-order valence-corrected chi connectivity index (χ4v) is 4.16. The van der Waals surface area contributed by atoms with E-state index in [1.807, 2.05) is 0 Å². The second kappa shape index (κ2) is 7.56. The Morgan fingerprint density at radius 2 is 2.00 bits per heavy atom. The van der Waals surface area contributed by atoms with Crippen LogP contribution >= 0.6 is 0 Å². The predicted octanol–water partition coefficient (Wildman–Crippen LogP) is 1.75. The van der Waals surface area contributed by atoms with Gasteiger partial charge >= 0.3 is 0 Å². The van der Waals surface area contributed by atoms with Gasteiger partial charge in [-0.2, -0.15) is 0 Å². The molecule has 0 aromatic carbocycles. The van der Waals surface area contributed by atoms with Crippen molar-refractivity contribution in [2.45, 2.75) is 63.5 Å². The molecular formula is C15H29B3N3.